The van der Waals surface area contributed by atoms with Gasteiger partial charge in [0.1, 0.15) is 5.82 Å². The molecule has 2 N–H and O–H groups in total. The molecule has 0 fully saturated rings. The maximum Gasteiger partial charge on any atom is 0.131 e. The van der Waals surface area contributed by atoms with E-state index in [9.17, 15) is 0 Å². The van der Waals surface area contributed by atoms with E-state index in [1.807, 2.05) is 24.0 Å². The molecule has 0 bridgehead atoms. The minimum atomic E-state index is 0.0655. The van der Waals surface area contributed by atoms with Gasteiger partial charge in [-0.2, -0.15) is 0 Å². The van der Waals surface area contributed by atoms with Crippen LogP contribution < -0.4 is 4.90 Å². The van der Waals surface area contributed by atoms with Crippen LogP contribution in [0.1, 0.15) is 5.56 Å². The van der Waals surface area contributed by atoms with Gasteiger partial charge in [-0.1, -0.05) is 6.07 Å². The molecule has 1 heterocycles. The van der Waals surface area contributed by atoms with E-state index in [0.717, 1.165) is 11.4 Å². The van der Waals surface area contributed by atoms with E-state index < -0.39 is 0 Å². The summed E-state index contributed by atoms with van der Waals surface area (Å²) in [5.74, 6) is 0.829. The molecule has 0 amide bonds. The standard InChI is InChI=1S/C10H16N2O2/c1-9-3-2-4-11-10(9)12(5-7-13)6-8-14/h2-4,13-14H,5-8H2,1H3. The van der Waals surface area contributed by atoms with Gasteiger partial charge >= 0.3 is 0 Å². The Balaban J connectivity index is 2.81. The highest BCUT2D eigenvalue weighted by molar-refractivity contribution is 5.45. The fourth-order valence-electron chi connectivity index (χ4n) is 1.37. The number of aromatic nitrogens is 1. The molecule has 0 saturated heterocycles. The van der Waals surface area contributed by atoms with Crippen molar-refractivity contribution in [2.75, 3.05) is 31.2 Å². The molecule has 1 rings (SSSR count). The lowest BCUT2D eigenvalue weighted by Gasteiger charge is -2.23. The molecular weight excluding hydrogens is 180 g/mol. The summed E-state index contributed by atoms with van der Waals surface area (Å²) >= 11 is 0. The molecule has 0 aliphatic carbocycles. The second-order valence-electron chi connectivity index (χ2n) is 3.08. The summed E-state index contributed by atoms with van der Waals surface area (Å²) in [6.07, 6.45) is 1.71. The van der Waals surface area contributed by atoms with E-state index in [-0.39, 0.29) is 13.2 Å². The predicted molar refractivity (Wildman–Crippen MR) is 55.4 cm³/mol. The van der Waals surface area contributed by atoms with Crippen molar-refractivity contribution in [2.24, 2.45) is 0 Å². The summed E-state index contributed by atoms with van der Waals surface area (Å²) in [7, 11) is 0. The average molecular weight is 196 g/mol. The molecule has 0 aromatic carbocycles. The lowest BCUT2D eigenvalue weighted by Crippen LogP contribution is -2.31. The van der Waals surface area contributed by atoms with Crippen LogP contribution in [0.2, 0.25) is 0 Å². The van der Waals surface area contributed by atoms with Gasteiger partial charge in [0.25, 0.3) is 0 Å². The van der Waals surface area contributed by atoms with Gasteiger partial charge in [0.05, 0.1) is 13.2 Å². The van der Waals surface area contributed by atoms with Gasteiger partial charge in [-0.15, -0.1) is 0 Å². The molecule has 0 atom stereocenters. The molecule has 0 radical (unpaired) electrons. The molecule has 4 heteroatoms. The van der Waals surface area contributed by atoms with E-state index >= 15 is 0 Å². The van der Waals surface area contributed by atoms with Crippen LogP contribution in [0, 0.1) is 6.92 Å². The van der Waals surface area contributed by atoms with Gasteiger partial charge in [0.2, 0.25) is 0 Å². The quantitative estimate of drug-likeness (QED) is 0.705. The zero-order valence-corrected chi connectivity index (χ0v) is 8.35. The molecule has 0 aliphatic heterocycles. The van der Waals surface area contributed by atoms with Gasteiger partial charge in [0.15, 0.2) is 0 Å². The van der Waals surface area contributed by atoms with Crippen molar-refractivity contribution in [3.05, 3.63) is 23.9 Å². The molecule has 4 nitrogen and oxygen atoms in total. The van der Waals surface area contributed by atoms with Crippen molar-refractivity contribution in [3.8, 4) is 0 Å². The monoisotopic (exact) mass is 196 g/mol. The largest absolute Gasteiger partial charge is 0.395 e. The smallest absolute Gasteiger partial charge is 0.131 e. The lowest BCUT2D eigenvalue weighted by atomic mass is 10.2. The van der Waals surface area contributed by atoms with E-state index in [2.05, 4.69) is 4.98 Å². The van der Waals surface area contributed by atoms with Crippen LogP contribution in [-0.4, -0.2) is 41.5 Å². The Morgan fingerprint density at radius 2 is 1.93 bits per heavy atom. The van der Waals surface area contributed by atoms with Crippen molar-refractivity contribution in [3.63, 3.8) is 0 Å². The molecule has 0 unspecified atom stereocenters. The van der Waals surface area contributed by atoms with Crippen LogP contribution in [-0.2, 0) is 0 Å². The molecule has 78 valence electrons. The summed E-state index contributed by atoms with van der Waals surface area (Å²) in [5.41, 5.74) is 1.05. The second kappa shape index (κ2) is 5.57. The van der Waals surface area contributed by atoms with Crippen LogP contribution in [0.15, 0.2) is 18.3 Å². The van der Waals surface area contributed by atoms with Gasteiger partial charge in [0, 0.05) is 19.3 Å². The SMILES string of the molecule is Cc1cccnc1N(CCO)CCO. The van der Waals surface area contributed by atoms with Crippen LogP contribution in [0.25, 0.3) is 0 Å². The van der Waals surface area contributed by atoms with Gasteiger partial charge in [-0.3, -0.25) is 0 Å². The number of aryl methyl sites for hydroxylation is 1. The number of nitrogens with zero attached hydrogens (tertiary/aromatic N) is 2. The van der Waals surface area contributed by atoms with Crippen molar-refractivity contribution >= 4 is 5.82 Å². The molecule has 0 spiro atoms. The topological polar surface area (TPSA) is 56.6 Å². The van der Waals surface area contributed by atoms with Crippen molar-refractivity contribution < 1.29 is 10.2 Å². The Kier molecular flexibility index (Phi) is 4.35. The number of aliphatic hydroxyl groups excluding tert-OH is 2. The zero-order valence-electron chi connectivity index (χ0n) is 8.35. The Morgan fingerprint density at radius 1 is 1.29 bits per heavy atom. The number of rotatable bonds is 5. The first-order chi connectivity index (χ1) is 6.79. The number of aliphatic hydroxyl groups is 2. The van der Waals surface area contributed by atoms with Crippen LogP contribution in [0.3, 0.4) is 0 Å². The van der Waals surface area contributed by atoms with Crippen LogP contribution in [0.5, 0.6) is 0 Å². The first-order valence-electron chi connectivity index (χ1n) is 4.68. The lowest BCUT2D eigenvalue weighted by molar-refractivity contribution is 0.280. The Labute approximate surface area is 83.8 Å². The highest BCUT2D eigenvalue weighted by Gasteiger charge is 2.08. The highest BCUT2D eigenvalue weighted by atomic mass is 16.3. The third-order valence-electron chi connectivity index (χ3n) is 2.02. The second-order valence-corrected chi connectivity index (χ2v) is 3.08. The molecule has 1 aromatic rings. The van der Waals surface area contributed by atoms with E-state index in [0.29, 0.717) is 13.1 Å². The molecule has 0 saturated carbocycles. The van der Waals surface area contributed by atoms with Crippen molar-refractivity contribution in [1.29, 1.82) is 0 Å². The first-order valence-corrected chi connectivity index (χ1v) is 4.68. The maximum atomic E-state index is 8.86. The summed E-state index contributed by atoms with van der Waals surface area (Å²) < 4.78 is 0. The average Bonchev–Trinajstić information content (AvgIpc) is 2.18. The fourth-order valence-corrected chi connectivity index (χ4v) is 1.37. The molecule has 14 heavy (non-hydrogen) atoms. The Morgan fingerprint density at radius 3 is 2.43 bits per heavy atom. The summed E-state index contributed by atoms with van der Waals surface area (Å²) in [6.45, 7) is 3.09. The van der Waals surface area contributed by atoms with E-state index in [1.54, 1.807) is 6.20 Å². The van der Waals surface area contributed by atoms with Gasteiger partial charge in [-0.25, -0.2) is 4.98 Å². The minimum absolute atomic E-state index is 0.0655. The Bertz CT molecular complexity index is 273. The number of hydrogen-bond donors (Lipinski definition) is 2. The number of hydrogen-bond acceptors (Lipinski definition) is 4. The van der Waals surface area contributed by atoms with Crippen molar-refractivity contribution in [2.45, 2.75) is 6.92 Å². The summed E-state index contributed by atoms with van der Waals surface area (Å²) in [4.78, 5) is 6.09. The first kappa shape index (κ1) is 10.9. The zero-order chi connectivity index (χ0) is 10.4. The Hall–Kier alpha value is -1.13. The normalized spacial score (nSPS) is 10.2. The minimum Gasteiger partial charge on any atom is -0.395 e. The summed E-state index contributed by atoms with van der Waals surface area (Å²) in [5, 5.41) is 17.7. The fraction of sp³-hybridized carbons (Fsp3) is 0.500. The highest BCUT2D eigenvalue weighted by Crippen LogP contribution is 2.14. The van der Waals surface area contributed by atoms with Gasteiger partial charge in [-0.05, 0) is 18.6 Å². The van der Waals surface area contributed by atoms with E-state index in [1.165, 1.54) is 0 Å². The van der Waals surface area contributed by atoms with Crippen LogP contribution in [0.4, 0.5) is 5.82 Å². The molecular formula is C10H16N2O2. The summed E-state index contributed by atoms with van der Waals surface area (Å²) in [6, 6.07) is 3.83. The molecule has 0 aliphatic rings. The predicted octanol–water partition coefficient (Wildman–Crippen LogP) is 0.181. The molecule has 1 aromatic heterocycles. The maximum absolute atomic E-state index is 8.86. The number of pyridine rings is 1. The van der Waals surface area contributed by atoms with E-state index in [4.69, 9.17) is 10.2 Å². The van der Waals surface area contributed by atoms with Crippen LogP contribution >= 0.6 is 0 Å². The number of anilines is 1. The van der Waals surface area contributed by atoms with Crippen molar-refractivity contribution in [1.82, 2.24) is 4.98 Å². The third-order valence-corrected chi connectivity index (χ3v) is 2.02. The van der Waals surface area contributed by atoms with Gasteiger partial charge < -0.3 is 15.1 Å². The third kappa shape index (κ3) is 2.68.